The summed E-state index contributed by atoms with van der Waals surface area (Å²) in [6.07, 6.45) is 0. The van der Waals surface area contributed by atoms with Gasteiger partial charge in [0.05, 0.1) is 6.54 Å². The maximum absolute atomic E-state index is 5.61. The highest BCUT2D eigenvalue weighted by Gasteiger charge is 2.11. The molecular weight excluding hydrogens is 140 g/mol. The smallest absolute Gasteiger partial charge is 0.286 e. The predicted molar refractivity (Wildman–Crippen MR) is 42.8 cm³/mol. The molecule has 0 aliphatic heterocycles. The Morgan fingerprint density at radius 2 is 2.27 bits per heavy atom. The fraction of sp³-hybridized carbons (Fsp3) is 0.714. The molecule has 0 saturated heterocycles. The first-order chi connectivity index (χ1) is 5.09. The molecule has 0 aromatic carbocycles. The predicted octanol–water partition coefficient (Wildman–Crippen LogP) is 0.244. The maximum atomic E-state index is 5.61. The molecule has 62 valence electrons. The zero-order chi connectivity index (χ0) is 8.43. The molecule has 0 saturated carbocycles. The molecule has 11 heavy (non-hydrogen) atoms. The standard InChI is InChI=1S/C7H14N4/c1-5(2)4-11-7(8)9-6(3)10-11/h5H,4H2,1-3H3,(H2,8,9,10)/p+1. The van der Waals surface area contributed by atoms with Crippen LogP contribution in [0.5, 0.6) is 0 Å². The van der Waals surface area contributed by atoms with E-state index in [4.69, 9.17) is 5.73 Å². The Labute approximate surface area is 66.4 Å². The first-order valence-corrected chi connectivity index (χ1v) is 3.81. The van der Waals surface area contributed by atoms with E-state index < -0.39 is 0 Å². The molecule has 0 radical (unpaired) electrons. The summed E-state index contributed by atoms with van der Waals surface area (Å²) >= 11 is 0. The Kier molecular flexibility index (Phi) is 2.12. The number of nitrogens with zero attached hydrogens (tertiary/aromatic N) is 2. The SMILES string of the molecule is Cc1nc(N)[n+](CC(C)C)[nH]1. The molecule has 0 atom stereocenters. The van der Waals surface area contributed by atoms with E-state index >= 15 is 0 Å². The summed E-state index contributed by atoms with van der Waals surface area (Å²) in [6.45, 7) is 7.07. The number of nitrogens with two attached hydrogens (primary N) is 1. The highest BCUT2D eigenvalue weighted by molar-refractivity contribution is 5.04. The lowest BCUT2D eigenvalue weighted by atomic mass is 10.2. The fourth-order valence-electron chi connectivity index (χ4n) is 1.01. The van der Waals surface area contributed by atoms with Crippen LogP contribution in [0.15, 0.2) is 0 Å². The third-order valence-electron chi connectivity index (χ3n) is 1.40. The van der Waals surface area contributed by atoms with Crippen molar-refractivity contribution in [2.75, 3.05) is 5.73 Å². The Morgan fingerprint density at radius 3 is 2.64 bits per heavy atom. The zero-order valence-electron chi connectivity index (χ0n) is 7.26. The second-order valence-corrected chi connectivity index (χ2v) is 3.17. The van der Waals surface area contributed by atoms with Gasteiger partial charge < -0.3 is 0 Å². The monoisotopic (exact) mass is 155 g/mol. The summed E-state index contributed by atoms with van der Waals surface area (Å²) in [7, 11) is 0. The van der Waals surface area contributed by atoms with Crippen molar-refractivity contribution in [1.29, 1.82) is 0 Å². The minimum Gasteiger partial charge on any atom is -0.286 e. The molecule has 0 bridgehead atoms. The molecule has 1 rings (SSSR count). The van der Waals surface area contributed by atoms with E-state index in [0.717, 1.165) is 12.4 Å². The number of rotatable bonds is 2. The van der Waals surface area contributed by atoms with Crippen molar-refractivity contribution in [3.8, 4) is 0 Å². The summed E-state index contributed by atoms with van der Waals surface area (Å²) in [5, 5.41) is 3.06. The lowest BCUT2D eigenvalue weighted by molar-refractivity contribution is -0.742. The first-order valence-electron chi connectivity index (χ1n) is 3.81. The number of nitrogen functional groups attached to an aromatic ring is 1. The van der Waals surface area contributed by atoms with E-state index in [1.165, 1.54) is 0 Å². The van der Waals surface area contributed by atoms with E-state index in [9.17, 15) is 0 Å². The van der Waals surface area contributed by atoms with E-state index in [0.29, 0.717) is 11.9 Å². The normalized spacial score (nSPS) is 10.9. The van der Waals surface area contributed by atoms with Crippen molar-refractivity contribution in [3.63, 3.8) is 0 Å². The Morgan fingerprint density at radius 1 is 1.64 bits per heavy atom. The van der Waals surface area contributed by atoms with Crippen LogP contribution in [0, 0.1) is 12.8 Å². The number of aromatic nitrogens is 3. The molecule has 0 spiro atoms. The Bertz CT molecular complexity index is 239. The van der Waals surface area contributed by atoms with Crippen LogP contribution < -0.4 is 10.4 Å². The average molecular weight is 155 g/mol. The molecule has 1 aromatic heterocycles. The van der Waals surface area contributed by atoms with Crippen molar-refractivity contribution in [2.45, 2.75) is 27.3 Å². The quantitative estimate of drug-likeness (QED) is 0.601. The van der Waals surface area contributed by atoms with Crippen molar-refractivity contribution in [3.05, 3.63) is 5.82 Å². The molecule has 0 aliphatic carbocycles. The molecule has 4 heteroatoms. The van der Waals surface area contributed by atoms with Gasteiger partial charge in [0, 0.05) is 6.92 Å². The molecule has 0 aliphatic rings. The molecule has 0 amide bonds. The summed E-state index contributed by atoms with van der Waals surface area (Å²) < 4.78 is 1.86. The van der Waals surface area contributed by atoms with Crippen LogP contribution in [0.1, 0.15) is 19.7 Å². The van der Waals surface area contributed by atoms with Crippen LogP contribution >= 0.6 is 0 Å². The van der Waals surface area contributed by atoms with Gasteiger partial charge in [0.15, 0.2) is 0 Å². The minimum atomic E-state index is 0.566. The first kappa shape index (κ1) is 8.04. The van der Waals surface area contributed by atoms with Crippen LogP contribution in [-0.2, 0) is 6.54 Å². The maximum Gasteiger partial charge on any atom is 0.408 e. The second kappa shape index (κ2) is 2.90. The highest BCUT2D eigenvalue weighted by atomic mass is 15.4. The number of hydrogen-bond acceptors (Lipinski definition) is 2. The molecule has 1 aromatic rings. The number of anilines is 1. The van der Waals surface area contributed by atoms with Gasteiger partial charge in [-0.2, -0.15) is 4.68 Å². The number of hydrogen-bond donors (Lipinski definition) is 2. The van der Waals surface area contributed by atoms with E-state index in [-0.39, 0.29) is 0 Å². The lowest BCUT2D eigenvalue weighted by Gasteiger charge is -1.99. The number of H-pyrrole nitrogens is 1. The second-order valence-electron chi connectivity index (χ2n) is 3.17. The van der Waals surface area contributed by atoms with Gasteiger partial charge >= 0.3 is 5.95 Å². The van der Waals surface area contributed by atoms with Gasteiger partial charge in [-0.1, -0.05) is 18.8 Å². The van der Waals surface area contributed by atoms with Crippen molar-refractivity contribution >= 4 is 5.95 Å². The van der Waals surface area contributed by atoms with Crippen LogP contribution in [0.2, 0.25) is 0 Å². The third kappa shape index (κ3) is 1.93. The lowest BCUT2D eigenvalue weighted by Crippen LogP contribution is -2.40. The van der Waals surface area contributed by atoms with Crippen LogP contribution in [-0.4, -0.2) is 10.1 Å². The summed E-state index contributed by atoms with van der Waals surface area (Å²) in [4.78, 5) is 4.05. The van der Waals surface area contributed by atoms with E-state index in [1.54, 1.807) is 0 Å². The largest absolute Gasteiger partial charge is 0.408 e. The zero-order valence-corrected chi connectivity index (χ0v) is 7.26. The van der Waals surface area contributed by atoms with Crippen molar-refractivity contribution < 1.29 is 4.68 Å². The summed E-state index contributed by atoms with van der Waals surface area (Å²) in [5.41, 5.74) is 5.61. The highest BCUT2D eigenvalue weighted by Crippen LogP contribution is 1.94. The topological polar surface area (TPSA) is 58.6 Å². The molecule has 1 heterocycles. The van der Waals surface area contributed by atoms with Gasteiger partial charge in [-0.15, -0.1) is 0 Å². The number of nitrogens with one attached hydrogen (secondary N) is 1. The van der Waals surface area contributed by atoms with Crippen LogP contribution in [0.4, 0.5) is 5.95 Å². The Balaban J connectivity index is 2.77. The van der Waals surface area contributed by atoms with E-state index in [1.807, 2.05) is 11.6 Å². The third-order valence-corrected chi connectivity index (χ3v) is 1.40. The van der Waals surface area contributed by atoms with Gasteiger partial charge in [-0.05, 0) is 5.92 Å². The molecule has 0 unspecified atom stereocenters. The van der Waals surface area contributed by atoms with Gasteiger partial charge in [0.25, 0.3) is 0 Å². The summed E-state index contributed by atoms with van der Waals surface area (Å²) in [5.74, 6) is 2.02. The minimum absolute atomic E-state index is 0.566. The average Bonchev–Trinajstić information content (AvgIpc) is 2.09. The fourth-order valence-corrected chi connectivity index (χ4v) is 1.01. The van der Waals surface area contributed by atoms with Gasteiger partial charge in [0.1, 0.15) is 0 Å². The van der Waals surface area contributed by atoms with Gasteiger partial charge in [-0.3, -0.25) is 5.73 Å². The number of aryl methyl sites for hydroxylation is 1. The van der Waals surface area contributed by atoms with Crippen LogP contribution in [0.25, 0.3) is 0 Å². The van der Waals surface area contributed by atoms with Crippen LogP contribution in [0.3, 0.4) is 0 Å². The van der Waals surface area contributed by atoms with Gasteiger partial charge in [0.2, 0.25) is 5.82 Å². The van der Waals surface area contributed by atoms with Gasteiger partial charge in [-0.25, -0.2) is 5.10 Å². The Hall–Kier alpha value is -1.06. The molecule has 4 nitrogen and oxygen atoms in total. The number of aromatic amines is 1. The van der Waals surface area contributed by atoms with Crippen molar-refractivity contribution in [2.24, 2.45) is 5.92 Å². The van der Waals surface area contributed by atoms with E-state index in [2.05, 4.69) is 23.9 Å². The molecule has 0 fully saturated rings. The molecule has 3 N–H and O–H groups in total. The molecular formula is C7H15N4+. The van der Waals surface area contributed by atoms with Crippen molar-refractivity contribution in [1.82, 2.24) is 10.1 Å². The summed E-state index contributed by atoms with van der Waals surface area (Å²) in [6, 6.07) is 0.